The highest BCUT2D eigenvalue weighted by Gasteiger charge is 2.20. The molecule has 0 fully saturated rings. The molecule has 1 rings (SSSR count). The lowest BCUT2D eigenvalue weighted by Gasteiger charge is -2.17. The number of Topliss-reactive ketones (excluding diaryl/α,β-unsaturated/α-hetero) is 1. The van der Waals surface area contributed by atoms with Crippen LogP contribution in [0, 0.1) is 10.8 Å². The fourth-order valence-corrected chi connectivity index (χ4v) is 1.96. The lowest BCUT2D eigenvalue weighted by molar-refractivity contribution is -0.131. The van der Waals surface area contributed by atoms with Crippen LogP contribution in [0.1, 0.15) is 53.7 Å². The second kappa shape index (κ2) is 11.9. The first-order valence-electron chi connectivity index (χ1n) is 9.96. The van der Waals surface area contributed by atoms with Crippen molar-refractivity contribution in [1.29, 1.82) is 0 Å². The summed E-state index contributed by atoms with van der Waals surface area (Å²) in [5.41, 5.74) is 0.430. The molecule has 0 aromatic carbocycles. The zero-order valence-electron chi connectivity index (χ0n) is 18.6. The molecule has 1 aromatic rings. The van der Waals surface area contributed by atoms with E-state index >= 15 is 0 Å². The van der Waals surface area contributed by atoms with E-state index in [1.54, 1.807) is 10.9 Å². The number of ketones is 1. The molecule has 1 heterocycles. The van der Waals surface area contributed by atoms with Gasteiger partial charge in [-0.2, -0.15) is 0 Å². The van der Waals surface area contributed by atoms with Crippen LogP contribution in [0.25, 0.3) is 0 Å². The number of amides is 1. The van der Waals surface area contributed by atoms with E-state index in [0.717, 1.165) is 6.42 Å². The fourth-order valence-electron chi connectivity index (χ4n) is 1.96. The second-order valence-corrected chi connectivity index (χ2v) is 9.11. The zero-order valence-corrected chi connectivity index (χ0v) is 18.6. The van der Waals surface area contributed by atoms with Crippen LogP contribution in [-0.2, 0) is 32.1 Å². The Morgan fingerprint density at radius 2 is 1.76 bits per heavy atom. The average molecular weight is 413 g/mol. The molecule has 0 saturated heterocycles. The average Bonchev–Trinajstić information content (AvgIpc) is 3.05. The van der Waals surface area contributed by atoms with Gasteiger partial charge in [0.05, 0.1) is 32.5 Å². The van der Waals surface area contributed by atoms with Crippen LogP contribution >= 0.6 is 0 Å². The number of alkyl carbamates (subject to hydrolysis) is 1. The van der Waals surface area contributed by atoms with Gasteiger partial charge in [0.25, 0.3) is 0 Å². The lowest BCUT2D eigenvalue weighted by atomic mass is 9.91. The quantitative estimate of drug-likeness (QED) is 0.526. The van der Waals surface area contributed by atoms with Crippen LogP contribution in [0.2, 0.25) is 0 Å². The molecule has 29 heavy (non-hydrogen) atoms. The van der Waals surface area contributed by atoms with Crippen molar-refractivity contribution in [3.8, 4) is 0 Å². The number of hydrogen-bond acceptors (Lipinski definition) is 7. The molecule has 0 saturated carbocycles. The molecule has 0 radical (unpaired) electrons. The molecule has 9 nitrogen and oxygen atoms in total. The number of rotatable bonds is 12. The largest absolute Gasteiger partial charge is 0.447 e. The van der Waals surface area contributed by atoms with Gasteiger partial charge in [0.2, 0.25) is 0 Å². The van der Waals surface area contributed by atoms with Crippen molar-refractivity contribution in [1.82, 2.24) is 20.3 Å². The third kappa shape index (κ3) is 12.2. The molecule has 0 bridgehead atoms. The van der Waals surface area contributed by atoms with Gasteiger partial charge in [-0.3, -0.25) is 4.79 Å². The summed E-state index contributed by atoms with van der Waals surface area (Å²) in [6, 6.07) is 0. The van der Waals surface area contributed by atoms with Crippen LogP contribution in [0.3, 0.4) is 0 Å². The van der Waals surface area contributed by atoms with Gasteiger partial charge in [-0.05, 0) is 11.8 Å². The smallest absolute Gasteiger partial charge is 0.407 e. The van der Waals surface area contributed by atoms with E-state index in [0.29, 0.717) is 32.1 Å². The summed E-state index contributed by atoms with van der Waals surface area (Å²) in [4.78, 5) is 23.5. The Labute approximate surface area is 173 Å². The van der Waals surface area contributed by atoms with E-state index in [1.807, 2.05) is 20.8 Å². The normalized spacial score (nSPS) is 12.1. The highest BCUT2D eigenvalue weighted by atomic mass is 16.6. The minimum atomic E-state index is -0.525. The third-order valence-corrected chi connectivity index (χ3v) is 3.99. The molecular weight excluding hydrogens is 376 g/mol. The molecule has 0 atom stereocenters. The van der Waals surface area contributed by atoms with Crippen molar-refractivity contribution >= 4 is 11.9 Å². The maximum atomic E-state index is 11.8. The number of hydrogen-bond donors (Lipinski definition) is 1. The Hall–Kier alpha value is -2.00. The van der Waals surface area contributed by atoms with Gasteiger partial charge in [-0.25, -0.2) is 9.48 Å². The summed E-state index contributed by atoms with van der Waals surface area (Å²) in [7, 11) is 0. The molecule has 9 heteroatoms. The number of carbonyl (C=O) groups is 2. The Morgan fingerprint density at radius 1 is 1.03 bits per heavy atom. The third-order valence-electron chi connectivity index (χ3n) is 3.99. The Morgan fingerprint density at radius 3 is 2.41 bits per heavy atom. The van der Waals surface area contributed by atoms with Crippen LogP contribution in [0.15, 0.2) is 6.20 Å². The number of aromatic nitrogens is 3. The SMILES string of the molecule is CC(C)(C)CCOCCOC(=O)NCc1cn(CCOCC(=O)C(C)(C)C)nn1. The molecule has 1 amide bonds. The molecule has 0 unspecified atom stereocenters. The van der Waals surface area contributed by atoms with Crippen molar-refractivity contribution in [3.63, 3.8) is 0 Å². The minimum Gasteiger partial charge on any atom is -0.447 e. The monoisotopic (exact) mass is 412 g/mol. The molecule has 0 aliphatic rings. The molecule has 1 aromatic heterocycles. The summed E-state index contributed by atoms with van der Waals surface area (Å²) in [6.45, 7) is 14.4. The minimum absolute atomic E-state index is 0.0547. The summed E-state index contributed by atoms with van der Waals surface area (Å²) in [5.74, 6) is 0.0547. The van der Waals surface area contributed by atoms with Crippen molar-refractivity contribution in [2.75, 3.05) is 33.0 Å². The maximum Gasteiger partial charge on any atom is 0.407 e. The van der Waals surface area contributed by atoms with Gasteiger partial charge in [0, 0.05) is 12.0 Å². The van der Waals surface area contributed by atoms with Crippen LogP contribution in [0.4, 0.5) is 4.79 Å². The van der Waals surface area contributed by atoms with Crippen LogP contribution < -0.4 is 5.32 Å². The van der Waals surface area contributed by atoms with Gasteiger partial charge in [-0.1, -0.05) is 46.8 Å². The van der Waals surface area contributed by atoms with Crippen molar-refractivity contribution in [3.05, 3.63) is 11.9 Å². The van der Waals surface area contributed by atoms with Crippen LogP contribution in [-0.4, -0.2) is 59.9 Å². The van der Waals surface area contributed by atoms with Crippen molar-refractivity contribution < 1.29 is 23.8 Å². The Kier molecular flexibility index (Phi) is 10.2. The molecule has 0 spiro atoms. The van der Waals surface area contributed by atoms with Gasteiger partial charge in [0.15, 0.2) is 5.78 Å². The first-order valence-corrected chi connectivity index (χ1v) is 9.96. The van der Waals surface area contributed by atoms with E-state index in [-0.39, 0.29) is 31.0 Å². The molecule has 1 N–H and O–H groups in total. The van der Waals surface area contributed by atoms with E-state index < -0.39 is 11.5 Å². The standard InChI is InChI=1S/C20H36N4O5/c1-19(2,3)7-9-27-11-12-29-18(26)21-13-16-14-24(23-22-16)8-10-28-15-17(25)20(4,5)6/h14H,7-13,15H2,1-6H3,(H,21,26). The van der Waals surface area contributed by atoms with E-state index in [4.69, 9.17) is 14.2 Å². The van der Waals surface area contributed by atoms with Crippen molar-refractivity contribution in [2.24, 2.45) is 10.8 Å². The summed E-state index contributed by atoms with van der Waals surface area (Å²) in [6.07, 6.45) is 2.14. The topological polar surface area (TPSA) is 105 Å². The van der Waals surface area contributed by atoms with Crippen LogP contribution in [0.5, 0.6) is 0 Å². The Balaban J connectivity index is 2.13. The number of nitrogens with zero attached hydrogens (tertiary/aromatic N) is 3. The van der Waals surface area contributed by atoms with E-state index in [9.17, 15) is 9.59 Å². The Bertz CT molecular complexity index is 632. The van der Waals surface area contributed by atoms with Gasteiger partial charge < -0.3 is 19.5 Å². The summed E-state index contributed by atoms with van der Waals surface area (Å²) < 4.78 is 17.5. The van der Waals surface area contributed by atoms with Crippen molar-refractivity contribution in [2.45, 2.75) is 61.1 Å². The predicted octanol–water partition coefficient (Wildman–Crippen LogP) is 2.59. The number of carbonyl (C=O) groups excluding carboxylic acids is 2. The van der Waals surface area contributed by atoms with Gasteiger partial charge in [0.1, 0.15) is 18.9 Å². The highest BCUT2D eigenvalue weighted by Crippen LogP contribution is 2.17. The molecule has 0 aliphatic heterocycles. The summed E-state index contributed by atoms with van der Waals surface area (Å²) in [5, 5.41) is 10.6. The fraction of sp³-hybridized carbons (Fsp3) is 0.800. The predicted molar refractivity (Wildman–Crippen MR) is 108 cm³/mol. The van der Waals surface area contributed by atoms with Gasteiger partial charge >= 0.3 is 6.09 Å². The molecule has 0 aliphatic carbocycles. The summed E-state index contributed by atoms with van der Waals surface area (Å²) >= 11 is 0. The lowest BCUT2D eigenvalue weighted by Crippen LogP contribution is -2.25. The van der Waals surface area contributed by atoms with Gasteiger partial charge in [-0.15, -0.1) is 5.10 Å². The second-order valence-electron chi connectivity index (χ2n) is 9.11. The molecular formula is C20H36N4O5. The maximum absolute atomic E-state index is 11.8. The van der Waals surface area contributed by atoms with E-state index in [1.165, 1.54) is 0 Å². The number of ether oxygens (including phenoxy) is 3. The molecule has 166 valence electrons. The number of nitrogens with one attached hydrogen (secondary N) is 1. The van der Waals surface area contributed by atoms with E-state index in [2.05, 4.69) is 36.4 Å². The zero-order chi connectivity index (χ0) is 21.9. The highest BCUT2D eigenvalue weighted by molar-refractivity contribution is 5.84. The first kappa shape index (κ1) is 25.0. The first-order chi connectivity index (χ1) is 13.5.